The molecular formula is C9H12N4O3. The zero-order chi connectivity index (χ0) is 11.4. The topological polar surface area (TPSA) is 86.2 Å². The average Bonchev–Trinajstić information content (AvgIpc) is 2.87. The van der Waals surface area contributed by atoms with Crippen molar-refractivity contribution in [2.24, 2.45) is 0 Å². The minimum Gasteiger partial charge on any atom is -0.402 e. The van der Waals surface area contributed by atoms with E-state index >= 15 is 0 Å². The lowest BCUT2D eigenvalue weighted by atomic mass is 10.4. The molecule has 16 heavy (non-hydrogen) atoms. The van der Waals surface area contributed by atoms with Gasteiger partial charge in [-0.2, -0.15) is 0 Å². The van der Waals surface area contributed by atoms with Crippen molar-refractivity contribution in [2.75, 3.05) is 25.6 Å². The van der Waals surface area contributed by atoms with E-state index in [0.29, 0.717) is 36.5 Å². The molecule has 7 nitrogen and oxygen atoms in total. The summed E-state index contributed by atoms with van der Waals surface area (Å²) < 4.78 is 15.1. The highest BCUT2D eigenvalue weighted by molar-refractivity contribution is 5.46. The van der Waals surface area contributed by atoms with Crippen molar-refractivity contribution >= 4 is 6.01 Å². The third kappa shape index (κ3) is 2.37. The molecule has 0 spiro atoms. The molecule has 1 N–H and O–H groups in total. The highest BCUT2D eigenvalue weighted by Crippen LogP contribution is 2.18. The van der Waals surface area contributed by atoms with Gasteiger partial charge in [0, 0.05) is 19.7 Å². The van der Waals surface area contributed by atoms with Crippen molar-refractivity contribution in [3.8, 4) is 11.6 Å². The van der Waals surface area contributed by atoms with E-state index in [4.69, 9.17) is 13.7 Å². The Morgan fingerprint density at radius 2 is 2.31 bits per heavy atom. The van der Waals surface area contributed by atoms with E-state index in [0.717, 1.165) is 0 Å². The van der Waals surface area contributed by atoms with Crippen LogP contribution in [0.15, 0.2) is 15.0 Å². The summed E-state index contributed by atoms with van der Waals surface area (Å²) in [5, 5.41) is 14.3. The molecular weight excluding hydrogens is 212 g/mol. The average molecular weight is 224 g/mol. The molecule has 0 aliphatic carbocycles. The fourth-order valence-electron chi connectivity index (χ4n) is 1.13. The minimum absolute atomic E-state index is 0.330. The third-order valence-electron chi connectivity index (χ3n) is 1.85. The van der Waals surface area contributed by atoms with Crippen LogP contribution < -0.4 is 5.32 Å². The van der Waals surface area contributed by atoms with Crippen molar-refractivity contribution in [1.29, 1.82) is 0 Å². The highest BCUT2D eigenvalue weighted by Gasteiger charge is 2.11. The largest absolute Gasteiger partial charge is 0.402 e. The molecule has 2 aromatic heterocycles. The molecule has 0 aliphatic rings. The van der Waals surface area contributed by atoms with Crippen molar-refractivity contribution in [3.05, 3.63) is 11.8 Å². The van der Waals surface area contributed by atoms with Crippen LogP contribution in [0.1, 0.15) is 5.76 Å². The maximum Gasteiger partial charge on any atom is 0.315 e. The molecule has 2 aromatic rings. The van der Waals surface area contributed by atoms with E-state index in [-0.39, 0.29) is 0 Å². The van der Waals surface area contributed by atoms with E-state index in [1.807, 2.05) is 0 Å². The summed E-state index contributed by atoms with van der Waals surface area (Å²) in [7, 11) is 1.62. The lowest BCUT2D eigenvalue weighted by molar-refractivity contribution is 0.210. The van der Waals surface area contributed by atoms with E-state index < -0.39 is 0 Å². The number of hydrogen-bond acceptors (Lipinski definition) is 7. The van der Waals surface area contributed by atoms with Crippen molar-refractivity contribution in [2.45, 2.75) is 6.92 Å². The zero-order valence-electron chi connectivity index (χ0n) is 9.06. The highest BCUT2D eigenvalue weighted by atomic mass is 16.5. The van der Waals surface area contributed by atoms with Gasteiger partial charge in [0.05, 0.1) is 6.61 Å². The van der Waals surface area contributed by atoms with Crippen LogP contribution in [-0.2, 0) is 4.74 Å². The van der Waals surface area contributed by atoms with Crippen molar-refractivity contribution < 1.29 is 13.7 Å². The Labute approximate surface area is 91.8 Å². The quantitative estimate of drug-likeness (QED) is 0.760. The maximum absolute atomic E-state index is 5.32. The second kappa shape index (κ2) is 4.75. The van der Waals surface area contributed by atoms with E-state index in [1.54, 1.807) is 20.1 Å². The summed E-state index contributed by atoms with van der Waals surface area (Å²) in [6.45, 7) is 2.97. The van der Waals surface area contributed by atoms with Crippen LogP contribution in [0.4, 0.5) is 6.01 Å². The predicted molar refractivity (Wildman–Crippen MR) is 54.9 cm³/mol. The first-order valence-corrected chi connectivity index (χ1v) is 4.79. The van der Waals surface area contributed by atoms with Crippen LogP contribution in [-0.4, -0.2) is 35.6 Å². The first-order valence-electron chi connectivity index (χ1n) is 4.79. The zero-order valence-corrected chi connectivity index (χ0v) is 9.06. The molecule has 0 aliphatic heterocycles. The van der Waals surface area contributed by atoms with Crippen LogP contribution in [0.25, 0.3) is 11.6 Å². The van der Waals surface area contributed by atoms with Gasteiger partial charge in [0.2, 0.25) is 0 Å². The number of rotatable bonds is 5. The van der Waals surface area contributed by atoms with E-state index in [2.05, 4.69) is 20.7 Å². The third-order valence-corrected chi connectivity index (χ3v) is 1.85. The van der Waals surface area contributed by atoms with Gasteiger partial charge in [-0.1, -0.05) is 10.3 Å². The summed E-state index contributed by atoms with van der Waals surface area (Å²) >= 11 is 0. The van der Waals surface area contributed by atoms with Crippen molar-refractivity contribution in [3.63, 3.8) is 0 Å². The lowest BCUT2D eigenvalue weighted by Crippen LogP contribution is -2.07. The van der Waals surface area contributed by atoms with Crippen LogP contribution in [0.2, 0.25) is 0 Å². The van der Waals surface area contributed by atoms with Crippen molar-refractivity contribution in [1.82, 2.24) is 15.4 Å². The van der Waals surface area contributed by atoms with Gasteiger partial charge >= 0.3 is 6.01 Å². The Hall–Kier alpha value is -1.89. The second-order valence-electron chi connectivity index (χ2n) is 3.15. The summed E-state index contributed by atoms with van der Waals surface area (Å²) in [4.78, 5) is 0. The molecule has 0 fully saturated rings. The van der Waals surface area contributed by atoms with Gasteiger partial charge in [-0.15, -0.1) is 5.10 Å². The Bertz CT molecular complexity index is 451. The van der Waals surface area contributed by atoms with Gasteiger partial charge in [0.25, 0.3) is 5.89 Å². The van der Waals surface area contributed by atoms with Gasteiger partial charge < -0.3 is 19.0 Å². The summed E-state index contributed by atoms with van der Waals surface area (Å²) in [6, 6.07) is 2.07. The number of methoxy groups -OCH3 is 1. The SMILES string of the molecule is COCCNc1nnc(-c2cc(C)on2)o1. The monoisotopic (exact) mass is 224 g/mol. The van der Waals surface area contributed by atoms with Gasteiger partial charge in [0.15, 0.2) is 5.69 Å². The number of aromatic nitrogens is 3. The van der Waals surface area contributed by atoms with E-state index in [9.17, 15) is 0 Å². The van der Waals surface area contributed by atoms with Crippen LogP contribution in [0.3, 0.4) is 0 Å². The molecule has 0 bridgehead atoms. The van der Waals surface area contributed by atoms with Crippen LogP contribution in [0.5, 0.6) is 0 Å². The fraction of sp³-hybridized carbons (Fsp3) is 0.444. The van der Waals surface area contributed by atoms with Crippen LogP contribution in [0, 0.1) is 6.92 Å². The number of hydrogen-bond donors (Lipinski definition) is 1. The lowest BCUT2D eigenvalue weighted by Gasteiger charge is -1.97. The van der Waals surface area contributed by atoms with Gasteiger partial charge in [-0.3, -0.25) is 0 Å². The number of ether oxygens (including phenoxy) is 1. The molecule has 0 aromatic carbocycles. The number of anilines is 1. The molecule has 7 heteroatoms. The number of aryl methyl sites for hydroxylation is 1. The van der Waals surface area contributed by atoms with Gasteiger partial charge in [-0.25, -0.2) is 0 Å². The number of nitrogens with zero attached hydrogens (tertiary/aromatic N) is 3. The Morgan fingerprint density at radius 1 is 1.44 bits per heavy atom. The summed E-state index contributed by atoms with van der Waals surface area (Å²) in [6.07, 6.45) is 0. The predicted octanol–water partition coefficient (Wildman–Crippen LogP) is 1.09. The molecule has 0 amide bonds. The number of nitrogens with one attached hydrogen (secondary N) is 1. The Morgan fingerprint density at radius 3 is 3.00 bits per heavy atom. The fourth-order valence-corrected chi connectivity index (χ4v) is 1.13. The van der Waals surface area contributed by atoms with E-state index in [1.165, 1.54) is 0 Å². The molecule has 0 atom stereocenters. The second-order valence-corrected chi connectivity index (χ2v) is 3.15. The molecule has 2 rings (SSSR count). The Balaban J connectivity index is 2.02. The first kappa shape index (κ1) is 10.6. The summed E-state index contributed by atoms with van der Waals surface area (Å²) in [5.41, 5.74) is 0.532. The molecule has 0 saturated carbocycles. The molecule has 86 valence electrons. The molecule has 0 saturated heterocycles. The summed E-state index contributed by atoms with van der Waals surface area (Å²) in [5.74, 6) is 1.03. The molecule has 0 unspecified atom stereocenters. The maximum atomic E-state index is 5.32. The first-order chi connectivity index (χ1) is 7.79. The Kier molecular flexibility index (Phi) is 3.16. The smallest absolute Gasteiger partial charge is 0.315 e. The molecule has 2 heterocycles. The van der Waals surface area contributed by atoms with Gasteiger partial charge in [-0.05, 0) is 6.92 Å². The molecule has 0 radical (unpaired) electrons. The standard InChI is InChI=1S/C9H12N4O3/c1-6-5-7(13-16-6)8-11-12-9(15-8)10-3-4-14-2/h5H,3-4H2,1-2H3,(H,10,12). The van der Waals surface area contributed by atoms with Crippen LogP contribution >= 0.6 is 0 Å². The van der Waals surface area contributed by atoms with Gasteiger partial charge in [0.1, 0.15) is 5.76 Å². The normalized spacial score (nSPS) is 10.6. The minimum atomic E-state index is 0.330.